The van der Waals surface area contributed by atoms with E-state index in [9.17, 15) is 14.0 Å². The maximum atomic E-state index is 14.2. The van der Waals surface area contributed by atoms with E-state index < -0.39 is 11.8 Å². The Labute approximate surface area is 198 Å². The van der Waals surface area contributed by atoms with E-state index in [1.165, 1.54) is 25.0 Å². The first-order chi connectivity index (χ1) is 16.9. The van der Waals surface area contributed by atoms with Gasteiger partial charge in [0, 0.05) is 23.9 Å². The summed E-state index contributed by atoms with van der Waals surface area (Å²) in [6.45, 7) is 6.49. The van der Waals surface area contributed by atoms with Crippen molar-refractivity contribution in [2.45, 2.75) is 19.8 Å². The second kappa shape index (κ2) is 9.09. The first-order valence-corrected chi connectivity index (χ1v) is 11.3. The fourth-order valence-electron chi connectivity index (χ4n) is 3.70. The van der Waals surface area contributed by atoms with E-state index in [2.05, 4.69) is 37.3 Å². The van der Waals surface area contributed by atoms with Crippen molar-refractivity contribution in [2.24, 2.45) is 5.92 Å². The zero-order valence-corrected chi connectivity index (χ0v) is 19.0. The van der Waals surface area contributed by atoms with Crippen molar-refractivity contribution in [3.63, 3.8) is 0 Å². The van der Waals surface area contributed by atoms with E-state index in [-0.39, 0.29) is 17.9 Å². The van der Waals surface area contributed by atoms with Crippen molar-refractivity contribution in [1.82, 2.24) is 24.6 Å². The number of nitrogens with zero attached hydrogens (tertiary/aromatic N) is 3. The largest absolute Gasteiger partial charge is 0.462 e. The molecule has 3 aromatic heterocycles. The predicted molar refractivity (Wildman–Crippen MR) is 130 cm³/mol. The van der Waals surface area contributed by atoms with Crippen LogP contribution in [0.5, 0.6) is 0 Å². The van der Waals surface area contributed by atoms with E-state index in [0.717, 1.165) is 12.6 Å². The number of aromatic amines is 2. The Hall–Kier alpha value is -4.41. The minimum Gasteiger partial charge on any atom is -0.462 e. The molecular formula is C24H24FN7O3. The summed E-state index contributed by atoms with van der Waals surface area (Å²) in [4.78, 5) is 33.7. The zero-order chi connectivity index (χ0) is 24.5. The van der Waals surface area contributed by atoms with Crippen LogP contribution >= 0.6 is 0 Å². The average molecular weight is 478 g/mol. The average Bonchev–Trinajstić information content (AvgIpc) is 3.48. The Kier molecular flexibility index (Phi) is 5.81. The summed E-state index contributed by atoms with van der Waals surface area (Å²) in [7, 11) is 0. The van der Waals surface area contributed by atoms with Gasteiger partial charge in [0.25, 0.3) is 0 Å². The van der Waals surface area contributed by atoms with Crippen LogP contribution in [0.2, 0.25) is 0 Å². The van der Waals surface area contributed by atoms with Gasteiger partial charge in [0.2, 0.25) is 0 Å². The van der Waals surface area contributed by atoms with Crippen LogP contribution in [-0.4, -0.2) is 43.7 Å². The molecule has 0 bridgehead atoms. The lowest BCUT2D eigenvalue weighted by Crippen LogP contribution is -2.22. The summed E-state index contributed by atoms with van der Waals surface area (Å²) in [6, 6.07) is 5.68. The number of carbonyl (C=O) groups excluding carboxylic acids is 1. The molecule has 180 valence electrons. The van der Waals surface area contributed by atoms with Gasteiger partial charge in [-0.05, 0) is 50.0 Å². The Bertz CT molecular complexity index is 1580. The van der Waals surface area contributed by atoms with Gasteiger partial charge in [0.1, 0.15) is 17.5 Å². The molecule has 1 aromatic carbocycles. The Morgan fingerprint density at radius 2 is 2.14 bits per heavy atom. The maximum Gasteiger partial charge on any atom is 0.338 e. The molecule has 0 saturated heterocycles. The highest BCUT2D eigenvalue weighted by atomic mass is 19.1. The Morgan fingerprint density at radius 3 is 2.86 bits per heavy atom. The third-order valence-electron chi connectivity index (χ3n) is 5.59. The number of aromatic nitrogens is 5. The number of carbonyl (C=O) groups is 1. The summed E-state index contributed by atoms with van der Waals surface area (Å²) in [6.07, 6.45) is 5.72. The predicted octanol–water partition coefficient (Wildman–Crippen LogP) is 1.87. The lowest BCUT2D eigenvalue weighted by atomic mass is 10.2. The summed E-state index contributed by atoms with van der Waals surface area (Å²) in [5.41, 5.74) is 1.24. The van der Waals surface area contributed by atoms with Crippen molar-refractivity contribution in [3.8, 4) is 0 Å². The highest BCUT2D eigenvalue weighted by molar-refractivity contribution is 5.90. The van der Waals surface area contributed by atoms with E-state index in [1.54, 1.807) is 29.8 Å². The molecule has 1 fully saturated rings. The van der Waals surface area contributed by atoms with Crippen molar-refractivity contribution in [1.29, 1.82) is 0 Å². The van der Waals surface area contributed by atoms with Gasteiger partial charge < -0.3 is 25.3 Å². The number of esters is 1. The molecule has 0 atom stereocenters. The Balaban J connectivity index is 1.56. The number of H-pyrrole nitrogens is 2. The van der Waals surface area contributed by atoms with Crippen molar-refractivity contribution in [2.75, 3.05) is 23.8 Å². The number of hydrogen-bond acceptors (Lipinski definition) is 7. The van der Waals surface area contributed by atoms with Gasteiger partial charge in [0.15, 0.2) is 5.65 Å². The first-order valence-electron chi connectivity index (χ1n) is 11.3. The van der Waals surface area contributed by atoms with Crippen LogP contribution in [0.15, 0.2) is 35.3 Å². The van der Waals surface area contributed by atoms with E-state index in [0.29, 0.717) is 45.1 Å². The molecular weight excluding hydrogens is 453 g/mol. The molecule has 10 nitrogen and oxygen atoms in total. The van der Waals surface area contributed by atoms with Gasteiger partial charge in [0.05, 0.1) is 29.1 Å². The number of ether oxygens (including phenoxy) is 1. The number of imidazole rings is 1. The van der Waals surface area contributed by atoms with E-state index in [4.69, 9.17) is 4.74 Å². The summed E-state index contributed by atoms with van der Waals surface area (Å²) in [5.74, 6) is 0.545. The number of hydrogen-bond donors (Lipinski definition) is 4. The van der Waals surface area contributed by atoms with Gasteiger partial charge in [-0.1, -0.05) is 6.58 Å². The van der Waals surface area contributed by atoms with Crippen LogP contribution in [-0.2, 0) is 4.74 Å². The van der Waals surface area contributed by atoms with Gasteiger partial charge in [-0.15, -0.1) is 0 Å². The summed E-state index contributed by atoms with van der Waals surface area (Å²) >= 11 is 0. The second-order valence-corrected chi connectivity index (χ2v) is 8.38. The molecule has 4 aromatic rings. The highest BCUT2D eigenvalue weighted by Gasteiger charge is 2.21. The van der Waals surface area contributed by atoms with Crippen molar-refractivity contribution >= 4 is 41.6 Å². The molecule has 0 unspecified atom stereocenters. The van der Waals surface area contributed by atoms with Crippen molar-refractivity contribution in [3.05, 3.63) is 68.6 Å². The topological polar surface area (TPSA) is 129 Å². The van der Waals surface area contributed by atoms with Crippen LogP contribution in [0.25, 0.3) is 18.3 Å². The normalized spacial score (nSPS) is 13.8. The molecule has 1 aliphatic carbocycles. The van der Waals surface area contributed by atoms with E-state index in [1.807, 2.05) is 0 Å². The van der Waals surface area contributed by atoms with Gasteiger partial charge in [-0.3, -0.25) is 0 Å². The van der Waals surface area contributed by atoms with Crippen molar-refractivity contribution < 1.29 is 13.9 Å². The fourth-order valence-corrected chi connectivity index (χ4v) is 3.70. The smallest absolute Gasteiger partial charge is 0.338 e. The van der Waals surface area contributed by atoms with Gasteiger partial charge in [-0.2, -0.15) is 9.61 Å². The molecule has 0 spiro atoms. The standard InChI is InChI=1S/C24H24FN7O3/c1-3-35-23(33)15-6-17(25)9-18(7-15)29-20-10-21(26-11-14-4-5-14)32-22(31-20)16(12-27-32)8-19-13(2)28-24(34)30-19/h6-10,12,14,26H,2-5,11H2,1H3,(H,29,31)(H2,28,30,34)/b19-8-. The summed E-state index contributed by atoms with van der Waals surface area (Å²) in [5, 5.41) is 11.9. The molecule has 3 heterocycles. The van der Waals surface area contributed by atoms with Gasteiger partial charge in [-0.25, -0.2) is 19.0 Å². The number of halogens is 1. The van der Waals surface area contributed by atoms with E-state index >= 15 is 0 Å². The van der Waals surface area contributed by atoms with Crippen LogP contribution in [0.1, 0.15) is 35.7 Å². The third kappa shape index (κ3) is 4.93. The van der Waals surface area contributed by atoms with Crippen LogP contribution in [0, 0.1) is 11.7 Å². The molecule has 35 heavy (non-hydrogen) atoms. The van der Waals surface area contributed by atoms with Gasteiger partial charge >= 0.3 is 11.7 Å². The number of nitrogens with one attached hydrogen (secondary N) is 4. The molecule has 4 N–H and O–H groups in total. The molecule has 0 amide bonds. The monoisotopic (exact) mass is 477 g/mol. The zero-order valence-electron chi connectivity index (χ0n) is 19.0. The highest BCUT2D eigenvalue weighted by Crippen LogP contribution is 2.30. The molecule has 1 aliphatic rings. The lowest BCUT2D eigenvalue weighted by molar-refractivity contribution is 0.0526. The quantitative estimate of drug-likeness (QED) is 0.285. The lowest BCUT2D eigenvalue weighted by Gasteiger charge is -2.12. The fraction of sp³-hybridized carbons (Fsp3) is 0.250. The summed E-state index contributed by atoms with van der Waals surface area (Å²) < 4.78 is 20.9. The van der Waals surface area contributed by atoms with Crippen LogP contribution in [0.3, 0.4) is 0 Å². The molecule has 0 radical (unpaired) electrons. The molecule has 1 saturated carbocycles. The SMILES string of the molecule is C=c1[nH]c(=O)[nH]/c1=C\c1cnn2c(NCC3CC3)cc(Nc3cc(F)cc(C(=O)OCC)c3)nc12. The second-order valence-electron chi connectivity index (χ2n) is 8.38. The molecule has 0 aliphatic heterocycles. The number of rotatable bonds is 8. The Morgan fingerprint density at radius 1 is 1.31 bits per heavy atom. The molecule has 11 heteroatoms. The van der Waals surface area contributed by atoms with Crippen LogP contribution in [0.4, 0.5) is 21.7 Å². The third-order valence-corrected chi connectivity index (χ3v) is 5.59. The molecule has 5 rings (SSSR count). The number of anilines is 3. The first kappa shape index (κ1) is 22.4. The minimum atomic E-state index is -0.609. The number of fused-ring (bicyclic) bond motifs is 1. The maximum absolute atomic E-state index is 14.2. The minimum absolute atomic E-state index is 0.0975. The number of benzene rings is 1. The van der Waals surface area contributed by atoms with Crippen LogP contribution < -0.4 is 27.0 Å².